The highest BCUT2D eigenvalue weighted by Gasteiger charge is 2.41. The van der Waals surface area contributed by atoms with Gasteiger partial charge in [0, 0.05) is 35.5 Å². The maximum Gasteiger partial charge on any atom is 0.213 e. The molecule has 0 spiro atoms. The number of hydrazone groups is 1. The Hall–Kier alpha value is -3.34. The number of pyridine rings is 1. The van der Waals surface area contributed by atoms with Gasteiger partial charge in [0.25, 0.3) is 0 Å². The van der Waals surface area contributed by atoms with Crippen LogP contribution in [-0.4, -0.2) is 20.8 Å². The average molecular weight is 357 g/mol. The van der Waals surface area contributed by atoms with Crippen molar-refractivity contribution < 1.29 is 9.84 Å². The van der Waals surface area contributed by atoms with Gasteiger partial charge in [0.2, 0.25) is 6.23 Å². The maximum absolute atomic E-state index is 10.4. The molecule has 3 heterocycles. The number of nitrogens with zero attached hydrogens (tertiary/aromatic N) is 3. The zero-order chi connectivity index (χ0) is 18.4. The number of ether oxygens (including phenoxy) is 1. The van der Waals surface area contributed by atoms with Crippen LogP contribution < -0.4 is 4.74 Å². The lowest BCUT2D eigenvalue weighted by molar-refractivity contribution is -0.0190. The first-order chi connectivity index (χ1) is 13.2. The van der Waals surface area contributed by atoms with Gasteiger partial charge in [0.15, 0.2) is 0 Å². The second-order valence-electron chi connectivity index (χ2n) is 6.96. The Morgan fingerprint density at radius 3 is 2.74 bits per heavy atom. The number of rotatable bonds is 2. The summed E-state index contributed by atoms with van der Waals surface area (Å²) in [5.74, 6) is 1.14. The Balaban J connectivity index is 1.62. The topological polar surface area (TPSA) is 58.0 Å². The predicted octanol–water partition coefficient (Wildman–Crippen LogP) is 4.34. The average Bonchev–Trinajstić information content (AvgIpc) is 3.15. The molecule has 27 heavy (non-hydrogen) atoms. The van der Waals surface area contributed by atoms with Gasteiger partial charge >= 0.3 is 0 Å². The molecular weight excluding hydrogens is 338 g/mol. The van der Waals surface area contributed by atoms with Crippen molar-refractivity contribution in [1.82, 2.24) is 9.99 Å². The van der Waals surface area contributed by atoms with E-state index in [2.05, 4.69) is 11.1 Å². The summed E-state index contributed by atoms with van der Waals surface area (Å²) in [7, 11) is 0. The number of hydrogen-bond acceptors (Lipinski definition) is 5. The Labute approximate surface area is 157 Å². The zero-order valence-corrected chi connectivity index (χ0v) is 14.9. The van der Waals surface area contributed by atoms with Crippen LogP contribution in [0.4, 0.5) is 0 Å². The number of fused-ring (bicyclic) bond motifs is 3. The highest BCUT2D eigenvalue weighted by atomic mass is 16.5. The van der Waals surface area contributed by atoms with E-state index in [1.807, 2.05) is 54.4 Å². The minimum Gasteiger partial charge on any atom is -0.507 e. The molecule has 2 unspecified atom stereocenters. The van der Waals surface area contributed by atoms with Crippen LogP contribution in [-0.2, 0) is 0 Å². The van der Waals surface area contributed by atoms with E-state index in [0.717, 1.165) is 40.1 Å². The molecule has 5 nitrogen and oxygen atoms in total. The first kappa shape index (κ1) is 15.9. The van der Waals surface area contributed by atoms with Crippen molar-refractivity contribution in [1.29, 1.82) is 0 Å². The summed E-state index contributed by atoms with van der Waals surface area (Å²) in [4.78, 5) is 4.11. The molecule has 0 saturated carbocycles. The number of phenols is 1. The van der Waals surface area contributed by atoms with Crippen molar-refractivity contribution in [3.63, 3.8) is 0 Å². The maximum atomic E-state index is 10.4. The molecule has 2 aromatic carbocycles. The van der Waals surface area contributed by atoms with Gasteiger partial charge < -0.3 is 9.84 Å². The Bertz CT molecular complexity index is 1030. The Morgan fingerprint density at radius 1 is 1.07 bits per heavy atom. The van der Waals surface area contributed by atoms with Crippen LogP contribution in [0.2, 0.25) is 0 Å². The lowest BCUT2D eigenvalue weighted by atomic mass is 9.95. The second-order valence-corrected chi connectivity index (χ2v) is 6.96. The normalized spacial score (nSPS) is 20.5. The van der Waals surface area contributed by atoms with Gasteiger partial charge in [-0.25, -0.2) is 5.01 Å². The lowest BCUT2D eigenvalue weighted by Crippen LogP contribution is -2.33. The Kier molecular flexibility index (Phi) is 3.60. The molecule has 0 amide bonds. The van der Waals surface area contributed by atoms with E-state index in [9.17, 15) is 5.11 Å². The SMILES string of the molecule is Cc1ccc(O)c(C2=NN3C(C2)c2ccccc2OC3c2ccncc2)c1. The molecule has 5 rings (SSSR count). The number of aryl methyl sites for hydroxylation is 1. The van der Waals surface area contributed by atoms with Crippen molar-refractivity contribution in [2.45, 2.75) is 25.6 Å². The highest BCUT2D eigenvalue weighted by molar-refractivity contribution is 6.04. The van der Waals surface area contributed by atoms with Crippen LogP contribution in [0.5, 0.6) is 11.5 Å². The summed E-state index contributed by atoms with van der Waals surface area (Å²) in [6.07, 6.45) is 3.93. The number of phenolic OH excluding ortho intramolecular Hbond substituents is 1. The molecule has 0 saturated heterocycles. The molecule has 0 radical (unpaired) electrons. The van der Waals surface area contributed by atoms with E-state index in [1.165, 1.54) is 0 Å². The molecule has 1 N–H and O–H groups in total. The van der Waals surface area contributed by atoms with E-state index in [-0.39, 0.29) is 18.0 Å². The van der Waals surface area contributed by atoms with E-state index in [1.54, 1.807) is 18.5 Å². The van der Waals surface area contributed by atoms with E-state index in [0.29, 0.717) is 0 Å². The summed E-state index contributed by atoms with van der Waals surface area (Å²) in [6.45, 7) is 2.02. The van der Waals surface area contributed by atoms with Gasteiger partial charge in [-0.1, -0.05) is 29.8 Å². The lowest BCUT2D eigenvalue weighted by Gasteiger charge is -2.38. The van der Waals surface area contributed by atoms with Gasteiger partial charge in [-0.15, -0.1) is 0 Å². The molecule has 0 fully saturated rings. The van der Waals surface area contributed by atoms with Gasteiger partial charge in [-0.2, -0.15) is 5.10 Å². The summed E-state index contributed by atoms with van der Waals surface area (Å²) >= 11 is 0. The smallest absolute Gasteiger partial charge is 0.213 e. The first-order valence-corrected chi connectivity index (χ1v) is 9.02. The van der Waals surface area contributed by atoms with E-state index >= 15 is 0 Å². The predicted molar refractivity (Wildman–Crippen MR) is 103 cm³/mol. The summed E-state index contributed by atoms with van der Waals surface area (Å²) in [5, 5.41) is 17.3. The highest BCUT2D eigenvalue weighted by Crippen LogP contribution is 2.47. The van der Waals surface area contributed by atoms with Gasteiger partial charge in [0.05, 0.1) is 11.8 Å². The molecule has 2 aliphatic heterocycles. The number of aromatic hydroxyl groups is 1. The molecule has 1 aromatic heterocycles. The zero-order valence-electron chi connectivity index (χ0n) is 14.9. The molecule has 134 valence electrons. The fraction of sp³-hybridized carbons (Fsp3) is 0.182. The first-order valence-electron chi connectivity index (χ1n) is 9.02. The van der Waals surface area contributed by atoms with Crippen molar-refractivity contribution in [2.75, 3.05) is 0 Å². The molecule has 2 atom stereocenters. The summed E-state index contributed by atoms with van der Waals surface area (Å²) in [5.41, 5.74) is 4.88. The fourth-order valence-electron chi connectivity index (χ4n) is 3.83. The standard InChI is InChI=1S/C22H19N3O2/c1-14-6-7-20(26)17(12-14)18-13-19-16-4-2-3-5-21(16)27-22(25(19)24-18)15-8-10-23-11-9-15/h2-12,19,22,26H,13H2,1H3. The number of hydrogen-bond donors (Lipinski definition) is 1. The minimum absolute atomic E-state index is 0.0722. The minimum atomic E-state index is -0.322. The van der Waals surface area contributed by atoms with Crippen LogP contribution in [0.25, 0.3) is 0 Å². The van der Waals surface area contributed by atoms with Crippen molar-refractivity contribution in [3.8, 4) is 11.5 Å². The molecule has 0 aliphatic carbocycles. The van der Waals surface area contributed by atoms with Crippen LogP contribution in [0.3, 0.4) is 0 Å². The number of benzene rings is 2. The van der Waals surface area contributed by atoms with E-state index < -0.39 is 0 Å². The third-order valence-electron chi connectivity index (χ3n) is 5.15. The van der Waals surface area contributed by atoms with Crippen molar-refractivity contribution in [2.24, 2.45) is 5.10 Å². The molecule has 2 aliphatic rings. The molecular formula is C22H19N3O2. The molecule has 0 bridgehead atoms. The quantitative estimate of drug-likeness (QED) is 0.741. The van der Waals surface area contributed by atoms with Gasteiger partial charge in [-0.05, 0) is 37.3 Å². The van der Waals surface area contributed by atoms with Crippen LogP contribution in [0.15, 0.2) is 72.1 Å². The van der Waals surface area contributed by atoms with Crippen LogP contribution in [0, 0.1) is 6.92 Å². The van der Waals surface area contributed by atoms with Gasteiger partial charge in [-0.3, -0.25) is 4.98 Å². The van der Waals surface area contributed by atoms with E-state index in [4.69, 9.17) is 9.84 Å². The van der Waals surface area contributed by atoms with Crippen LogP contribution in [0.1, 0.15) is 40.9 Å². The summed E-state index contributed by atoms with van der Waals surface area (Å²) in [6, 6.07) is 17.7. The largest absolute Gasteiger partial charge is 0.507 e. The third-order valence-corrected chi connectivity index (χ3v) is 5.15. The van der Waals surface area contributed by atoms with Gasteiger partial charge in [0.1, 0.15) is 11.5 Å². The van der Waals surface area contributed by atoms with Crippen molar-refractivity contribution >= 4 is 5.71 Å². The number of para-hydroxylation sites is 1. The molecule has 3 aromatic rings. The summed E-state index contributed by atoms with van der Waals surface area (Å²) < 4.78 is 6.30. The number of aromatic nitrogens is 1. The monoisotopic (exact) mass is 357 g/mol. The third kappa shape index (κ3) is 2.63. The fourth-order valence-corrected chi connectivity index (χ4v) is 3.83. The second kappa shape index (κ2) is 6.13. The Morgan fingerprint density at radius 2 is 1.89 bits per heavy atom. The van der Waals surface area contributed by atoms with Crippen molar-refractivity contribution in [3.05, 3.63) is 89.2 Å². The molecule has 5 heteroatoms. The van der Waals surface area contributed by atoms with Crippen LogP contribution >= 0.6 is 0 Å².